The number of benzene rings is 1. The minimum absolute atomic E-state index is 0.669. The van der Waals surface area contributed by atoms with Crippen LogP contribution < -0.4 is 0 Å². The monoisotopic (exact) mass is 264 g/mol. The molecule has 3 rings (SSSR count). The Morgan fingerprint density at radius 2 is 2.40 bits per heavy atom. The van der Waals surface area contributed by atoms with Gasteiger partial charge in [-0.05, 0) is 58.3 Å². The van der Waals surface area contributed by atoms with Crippen LogP contribution in [0.1, 0.15) is 36.8 Å². The number of fused-ring (bicyclic) bond motifs is 2. The van der Waals surface area contributed by atoms with Crippen molar-refractivity contribution in [1.29, 1.82) is 0 Å². The van der Waals surface area contributed by atoms with Crippen LogP contribution in [0.25, 0.3) is 10.9 Å². The molecule has 0 unspecified atom stereocenters. The number of nitrogens with one attached hydrogen (secondary N) is 1. The highest BCUT2D eigenvalue weighted by atomic mass is 79.9. The Hall–Kier alpha value is -0.830. The first-order valence-corrected chi connectivity index (χ1v) is 6.21. The SMILES string of the molecule is C[C@@H]1CCCc2cc3[nH]ncc3c(Br)c21. The molecule has 1 aromatic heterocycles. The molecule has 1 aliphatic rings. The third-order valence-corrected chi connectivity index (χ3v) is 4.24. The van der Waals surface area contributed by atoms with Crippen molar-refractivity contribution in [2.45, 2.75) is 32.1 Å². The predicted octanol–water partition coefficient (Wildman–Crippen LogP) is 3.77. The van der Waals surface area contributed by atoms with Gasteiger partial charge in [-0.3, -0.25) is 5.10 Å². The van der Waals surface area contributed by atoms with E-state index in [9.17, 15) is 0 Å². The lowest BCUT2D eigenvalue weighted by Crippen LogP contribution is -2.07. The summed E-state index contributed by atoms with van der Waals surface area (Å²) in [5.41, 5.74) is 4.13. The van der Waals surface area contributed by atoms with Gasteiger partial charge in [-0.25, -0.2) is 0 Å². The lowest BCUT2D eigenvalue weighted by atomic mass is 9.83. The number of aromatic amines is 1. The fourth-order valence-electron chi connectivity index (χ4n) is 2.60. The maximum atomic E-state index is 4.10. The van der Waals surface area contributed by atoms with E-state index in [0.29, 0.717) is 5.92 Å². The van der Waals surface area contributed by atoms with Crippen molar-refractivity contribution in [3.05, 3.63) is 27.9 Å². The maximum Gasteiger partial charge on any atom is 0.0664 e. The summed E-state index contributed by atoms with van der Waals surface area (Å²) >= 11 is 3.73. The largest absolute Gasteiger partial charge is 0.278 e. The molecule has 3 heteroatoms. The Labute approximate surface area is 97.2 Å². The van der Waals surface area contributed by atoms with Gasteiger partial charge in [0.15, 0.2) is 0 Å². The first-order valence-electron chi connectivity index (χ1n) is 5.41. The van der Waals surface area contributed by atoms with Gasteiger partial charge < -0.3 is 0 Å². The highest BCUT2D eigenvalue weighted by Crippen LogP contribution is 2.39. The van der Waals surface area contributed by atoms with Gasteiger partial charge in [-0.1, -0.05) is 6.92 Å². The van der Waals surface area contributed by atoms with Crippen LogP contribution in [0.5, 0.6) is 0 Å². The summed E-state index contributed by atoms with van der Waals surface area (Å²) in [7, 11) is 0. The summed E-state index contributed by atoms with van der Waals surface area (Å²) in [4.78, 5) is 0. The number of rotatable bonds is 0. The summed E-state index contributed by atoms with van der Waals surface area (Å²) in [5.74, 6) is 0.669. The zero-order valence-electron chi connectivity index (χ0n) is 8.68. The van der Waals surface area contributed by atoms with Gasteiger partial charge in [-0.2, -0.15) is 5.10 Å². The first kappa shape index (κ1) is 9.40. The number of aromatic nitrogens is 2. The number of H-pyrrole nitrogens is 1. The van der Waals surface area contributed by atoms with Crippen molar-refractivity contribution in [3.63, 3.8) is 0 Å². The van der Waals surface area contributed by atoms with Gasteiger partial charge in [0.25, 0.3) is 0 Å². The van der Waals surface area contributed by atoms with E-state index in [4.69, 9.17) is 0 Å². The molecule has 0 fully saturated rings. The Morgan fingerprint density at radius 3 is 3.27 bits per heavy atom. The Balaban J connectivity index is 2.36. The summed E-state index contributed by atoms with van der Waals surface area (Å²) in [6.45, 7) is 2.31. The van der Waals surface area contributed by atoms with Crippen LogP contribution in [0.3, 0.4) is 0 Å². The molecular weight excluding hydrogens is 252 g/mol. The van der Waals surface area contributed by atoms with Gasteiger partial charge in [0.1, 0.15) is 0 Å². The van der Waals surface area contributed by atoms with Crippen molar-refractivity contribution < 1.29 is 0 Å². The van der Waals surface area contributed by atoms with Gasteiger partial charge in [0.2, 0.25) is 0 Å². The number of halogens is 1. The first-order chi connectivity index (χ1) is 7.27. The molecule has 0 bridgehead atoms. The molecule has 0 saturated carbocycles. The molecule has 15 heavy (non-hydrogen) atoms. The molecule has 2 aromatic rings. The second-order valence-electron chi connectivity index (χ2n) is 4.39. The van der Waals surface area contributed by atoms with Crippen LogP contribution in [0.4, 0.5) is 0 Å². The fourth-order valence-corrected chi connectivity index (χ4v) is 3.56. The van der Waals surface area contributed by atoms with E-state index in [1.807, 2.05) is 6.20 Å². The lowest BCUT2D eigenvalue weighted by molar-refractivity contribution is 0.589. The third kappa shape index (κ3) is 1.33. The second kappa shape index (κ2) is 3.34. The number of aryl methyl sites for hydroxylation is 1. The average molecular weight is 265 g/mol. The van der Waals surface area contributed by atoms with Crippen molar-refractivity contribution >= 4 is 26.8 Å². The van der Waals surface area contributed by atoms with Crippen LogP contribution in [0.15, 0.2) is 16.7 Å². The Morgan fingerprint density at radius 1 is 1.53 bits per heavy atom. The molecule has 1 heterocycles. The minimum atomic E-state index is 0.669. The summed E-state index contributed by atoms with van der Waals surface area (Å²) in [6.07, 6.45) is 5.71. The van der Waals surface area contributed by atoms with Crippen molar-refractivity contribution in [2.24, 2.45) is 0 Å². The highest BCUT2D eigenvalue weighted by molar-refractivity contribution is 9.10. The Kier molecular flexibility index (Phi) is 2.09. The fraction of sp³-hybridized carbons (Fsp3) is 0.417. The molecule has 1 aromatic carbocycles. The van der Waals surface area contributed by atoms with E-state index in [0.717, 1.165) is 5.52 Å². The van der Waals surface area contributed by atoms with E-state index >= 15 is 0 Å². The maximum absolute atomic E-state index is 4.10. The van der Waals surface area contributed by atoms with Crippen LogP contribution in [-0.2, 0) is 6.42 Å². The number of hydrogen-bond donors (Lipinski definition) is 1. The van der Waals surface area contributed by atoms with Gasteiger partial charge in [-0.15, -0.1) is 0 Å². The standard InChI is InChI=1S/C12H13BrN2/c1-7-3-2-4-8-5-10-9(6-14-15-10)12(13)11(7)8/h5-7H,2-4H2,1H3,(H,14,15)/t7-/m1/s1. The smallest absolute Gasteiger partial charge is 0.0664 e. The number of nitrogens with zero attached hydrogens (tertiary/aromatic N) is 1. The van der Waals surface area contributed by atoms with Gasteiger partial charge in [0.05, 0.1) is 11.7 Å². The molecule has 0 aliphatic heterocycles. The molecule has 1 atom stereocenters. The topological polar surface area (TPSA) is 28.7 Å². The van der Waals surface area contributed by atoms with E-state index in [1.54, 1.807) is 0 Å². The van der Waals surface area contributed by atoms with E-state index in [2.05, 4.69) is 39.1 Å². The van der Waals surface area contributed by atoms with Crippen LogP contribution in [0.2, 0.25) is 0 Å². The van der Waals surface area contributed by atoms with E-state index in [-0.39, 0.29) is 0 Å². The lowest BCUT2D eigenvalue weighted by Gasteiger charge is -2.23. The number of hydrogen-bond acceptors (Lipinski definition) is 1. The summed E-state index contributed by atoms with van der Waals surface area (Å²) in [5, 5.41) is 8.36. The minimum Gasteiger partial charge on any atom is -0.278 e. The third-order valence-electron chi connectivity index (χ3n) is 3.38. The molecule has 0 spiro atoms. The van der Waals surface area contributed by atoms with Gasteiger partial charge in [0, 0.05) is 9.86 Å². The van der Waals surface area contributed by atoms with Crippen LogP contribution >= 0.6 is 15.9 Å². The zero-order chi connectivity index (χ0) is 10.4. The van der Waals surface area contributed by atoms with Crippen molar-refractivity contribution in [3.8, 4) is 0 Å². The van der Waals surface area contributed by atoms with E-state index in [1.165, 1.54) is 40.2 Å². The quantitative estimate of drug-likeness (QED) is 0.771. The molecule has 1 aliphatic carbocycles. The Bertz CT molecular complexity index is 516. The van der Waals surface area contributed by atoms with Crippen molar-refractivity contribution in [1.82, 2.24) is 10.2 Å². The molecule has 1 N–H and O–H groups in total. The van der Waals surface area contributed by atoms with E-state index < -0.39 is 0 Å². The van der Waals surface area contributed by atoms with Crippen LogP contribution in [0, 0.1) is 0 Å². The van der Waals surface area contributed by atoms with Crippen LogP contribution in [-0.4, -0.2) is 10.2 Å². The molecule has 0 radical (unpaired) electrons. The summed E-state index contributed by atoms with van der Waals surface area (Å²) in [6, 6.07) is 2.26. The van der Waals surface area contributed by atoms with Crippen molar-refractivity contribution in [2.75, 3.05) is 0 Å². The molecule has 0 saturated heterocycles. The molecule has 0 amide bonds. The molecule has 78 valence electrons. The molecule has 2 nitrogen and oxygen atoms in total. The normalized spacial score (nSPS) is 20.5. The average Bonchev–Trinajstić information content (AvgIpc) is 2.66. The highest BCUT2D eigenvalue weighted by Gasteiger charge is 2.21. The molecular formula is C12H13BrN2. The zero-order valence-corrected chi connectivity index (χ0v) is 10.3. The second-order valence-corrected chi connectivity index (χ2v) is 5.18. The predicted molar refractivity (Wildman–Crippen MR) is 65.1 cm³/mol. The van der Waals surface area contributed by atoms with Gasteiger partial charge >= 0.3 is 0 Å². The summed E-state index contributed by atoms with van der Waals surface area (Å²) < 4.78 is 1.25.